The Morgan fingerprint density at radius 3 is 1.12 bits per heavy atom. The van der Waals surface area contributed by atoms with Crippen LogP contribution in [0.1, 0.15) is 0 Å². The van der Waals surface area contributed by atoms with Gasteiger partial charge in [-0.3, -0.25) is 0 Å². The van der Waals surface area contributed by atoms with Crippen molar-refractivity contribution in [2.24, 2.45) is 0 Å². The van der Waals surface area contributed by atoms with Crippen molar-refractivity contribution in [1.82, 2.24) is 29.1 Å². The zero-order valence-electron chi connectivity index (χ0n) is 69.6. The molecule has 0 saturated carbocycles. The molecule has 0 aliphatic rings. The first kappa shape index (κ1) is 73.6. The molecular formula is C122H76N6. The highest BCUT2D eigenvalue weighted by molar-refractivity contribution is 6.32. The minimum Gasteiger partial charge on any atom is -0.309 e. The smallest absolute Gasteiger partial charge is 0.161 e. The molecule has 0 spiro atoms. The van der Waals surface area contributed by atoms with E-state index in [1.807, 2.05) is 0 Å². The summed E-state index contributed by atoms with van der Waals surface area (Å²) in [5, 5.41) is 24.0. The Morgan fingerprint density at radius 2 is 0.516 bits per heavy atom. The summed E-state index contributed by atoms with van der Waals surface area (Å²) in [5.41, 5.74) is 26.7. The van der Waals surface area contributed by atoms with E-state index in [0.29, 0.717) is 11.6 Å². The molecule has 0 fully saturated rings. The molecule has 0 unspecified atom stereocenters. The summed E-state index contributed by atoms with van der Waals surface area (Å²) in [6.45, 7) is 0. The first-order chi connectivity index (χ1) is 63.5. The SMILES string of the molecule is c1ccc(-c2ccc(-c3ccc(-c4nc(-c5cccc6c(-n7c8ccc9ccccc9c8c8c9ccccc9c(-c9ccccc9)cc87)cccc56)nc5ccccc45)cc3)cc2)cc1.c1ccc(-c2cccc(-c3nc(-c4cccc5cc(-n6c7ccc8ccccc8c7c7c8ccccc8c(-c8cccc9ccccc89)cc76)ccc45)nc4ccccc34)c2)cc1. The molecule has 26 rings (SSSR count). The molecule has 26 aromatic rings. The third-order valence-corrected chi connectivity index (χ3v) is 26.2. The van der Waals surface area contributed by atoms with Crippen LogP contribution < -0.4 is 0 Å². The van der Waals surface area contributed by atoms with Gasteiger partial charge < -0.3 is 9.13 Å². The largest absolute Gasteiger partial charge is 0.309 e. The van der Waals surface area contributed by atoms with Crippen LogP contribution in [0.25, 0.3) is 253 Å². The quantitative estimate of drug-likeness (QED) is 0.129. The van der Waals surface area contributed by atoms with Crippen LogP contribution in [-0.2, 0) is 0 Å². The number of aromatic nitrogens is 6. The maximum atomic E-state index is 5.43. The van der Waals surface area contributed by atoms with Gasteiger partial charge in [0.05, 0.1) is 50.2 Å². The molecule has 0 amide bonds. The molecular weight excluding hydrogens is 1550 g/mol. The monoisotopic (exact) mass is 1620 g/mol. The average molecular weight is 1630 g/mol. The third-order valence-electron chi connectivity index (χ3n) is 26.2. The van der Waals surface area contributed by atoms with Gasteiger partial charge in [0.25, 0.3) is 0 Å². The van der Waals surface area contributed by atoms with Crippen LogP contribution in [0.3, 0.4) is 0 Å². The van der Waals surface area contributed by atoms with Crippen LogP contribution in [0.2, 0.25) is 0 Å². The number of para-hydroxylation sites is 2. The molecule has 128 heavy (non-hydrogen) atoms. The van der Waals surface area contributed by atoms with E-state index < -0.39 is 0 Å². The summed E-state index contributed by atoms with van der Waals surface area (Å²) in [6.07, 6.45) is 0. The fraction of sp³-hybridized carbons (Fsp3) is 0. The van der Waals surface area contributed by atoms with Gasteiger partial charge in [-0.2, -0.15) is 0 Å². The van der Waals surface area contributed by atoms with Gasteiger partial charge in [-0.1, -0.05) is 400 Å². The summed E-state index contributed by atoms with van der Waals surface area (Å²) in [5.74, 6) is 1.41. The van der Waals surface area contributed by atoms with Crippen molar-refractivity contribution in [3.05, 3.63) is 461 Å². The van der Waals surface area contributed by atoms with Gasteiger partial charge in [0.2, 0.25) is 0 Å². The lowest BCUT2D eigenvalue weighted by Gasteiger charge is -2.16. The number of rotatable bonds is 11. The number of benzene rings is 22. The average Bonchev–Trinajstić information content (AvgIpc) is 1.55. The van der Waals surface area contributed by atoms with Crippen LogP contribution in [-0.4, -0.2) is 29.1 Å². The lowest BCUT2D eigenvalue weighted by molar-refractivity contribution is 1.19. The molecule has 594 valence electrons. The summed E-state index contributed by atoms with van der Waals surface area (Å²) >= 11 is 0. The molecule has 0 bridgehead atoms. The van der Waals surface area contributed by atoms with Crippen molar-refractivity contribution in [2.45, 2.75) is 0 Å². The van der Waals surface area contributed by atoms with Crippen molar-refractivity contribution in [1.29, 1.82) is 0 Å². The van der Waals surface area contributed by atoms with Crippen LogP contribution in [0.15, 0.2) is 461 Å². The van der Waals surface area contributed by atoms with E-state index in [9.17, 15) is 0 Å². The predicted octanol–water partition coefficient (Wildman–Crippen LogP) is 32.5. The molecule has 6 nitrogen and oxygen atoms in total. The van der Waals surface area contributed by atoms with Crippen LogP contribution in [0.4, 0.5) is 0 Å². The highest BCUT2D eigenvalue weighted by Crippen LogP contribution is 2.49. The molecule has 0 aliphatic carbocycles. The Labute approximate surface area is 738 Å². The van der Waals surface area contributed by atoms with Gasteiger partial charge in [-0.05, 0) is 186 Å². The van der Waals surface area contributed by atoms with Crippen molar-refractivity contribution in [3.63, 3.8) is 0 Å². The number of hydrogen-bond donors (Lipinski definition) is 0. The van der Waals surface area contributed by atoms with Gasteiger partial charge in [0.15, 0.2) is 11.6 Å². The topological polar surface area (TPSA) is 61.4 Å². The number of fused-ring (bicyclic) bond motifs is 19. The summed E-state index contributed by atoms with van der Waals surface area (Å²) in [6, 6.07) is 166. The highest BCUT2D eigenvalue weighted by atomic mass is 15.0. The van der Waals surface area contributed by atoms with E-state index >= 15 is 0 Å². The summed E-state index contributed by atoms with van der Waals surface area (Å²) in [7, 11) is 0. The van der Waals surface area contributed by atoms with E-state index in [4.69, 9.17) is 19.9 Å². The zero-order chi connectivity index (χ0) is 84.3. The Kier molecular flexibility index (Phi) is 17.5. The minimum atomic E-state index is 0.701. The molecule has 0 atom stereocenters. The molecule has 22 aromatic carbocycles. The minimum absolute atomic E-state index is 0.701. The predicted molar refractivity (Wildman–Crippen MR) is 539 cm³/mol. The van der Waals surface area contributed by atoms with E-state index in [0.717, 1.165) is 99.5 Å². The van der Waals surface area contributed by atoms with Crippen molar-refractivity contribution in [2.75, 3.05) is 0 Å². The first-order valence-corrected chi connectivity index (χ1v) is 43.8. The van der Waals surface area contributed by atoms with Gasteiger partial charge in [0, 0.05) is 65.6 Å². The van der Waals surface area contributed by atoms with E-state index in [-0.39, 0.29) is 0 Å². The Bertz CT molecular complexity index is 8980. The maximum absolute atomic E-state index is 5.43. The molecule has 0 aliphatic heterocycles. The fourth-order valence-electron chi connectivity index (χ4n) is 20.3. The standard InChI is InChI=1S/C62H39N3.C60H37N3/c1-3-15-40(16-4-1)41-29-31-42(32-30-41)43-33-35-46(36-34-43)61-53-23-11-12-27-55(53)63-62(64-61)52-26-13-25-50-48(52)24-14-28-56(50)65-57-38-37-45-19-7-8-20-47(45)59(57)60-51-22-10-9-21-49(51)54(39-58(60)65)44-17-5-2-6-18-44;1-2-15-38(16-3-1)41-20-12-22-43(35-41)59-52-27-10-11-30-54(52)61-60(62-59)51-29-14-21-42-36-44(32-33-46(42)51)63-55-34-31-40-18-5-7-24-47(40)57(55)58-50-26-9-8-25-49(50)53(37-56(58)63)48-28-13-19-39-17-4-6-23-45(39)48/h1-39H;1-37H. The highest BCUT2D eigenvalue weighted by Gasteiger charge is 2.26. The third kappa shape index (κ3) is 12.3. The normalized spacial score (nSPS) is 11.8. The van der Waals surface area contributed by atoms with Crippen molar-refractivity contribution < 1.29 is 0 Å². The number of hydrogen-bond acceptors (Lipinski definition) is 4. The van der Waals surface area contributed by atoms with Crippen molar-refractivity contribution >= 4 is 141 Å². The molecule has 0 N–H and O–H groups in total. The second kappa shape index (κ2) is 30.5. The molecule has 6 heteroatoms. The van der Waals surface area contributed by atoms with E-state index in [1.165, 1.54) is 142 Å². The van der Waals surface area contributed by atoms with Gasteiger partial charge in [0.1, 0.15) is 0 Å². The molecule has 4 heterocycles. The zero-order valence-corrected chi connectivity index (χ0v) is 69.6. The van der Waals surface area contributed by atoms with Gasteiger partial charge >= 0.3 is 0 Å². The first-order valence-electron chi connectivity index (χ1n) is 43.8. The molecule has 0 radical (unpaired) electrons. The Hall–Kier alpha value is -17.1. The Morgan fingerprint density at radius 1 is 0.156 bits per heavy atom. The van der Waals surface area contributed by atoms with Crippen LogP contribution in [0.5, 0.6) is 0 Å². The van der Waals surface area contributed by atoms with Crippen LogP contribution in [0, 0.1) is 0 Å². The van der Waals surface area contributed by atoms with E-state index in [2.05, 4.69) is 470 Å². The van der Waals surface area contributed by atoms with Crippen LogP contribution >= 0.6 is 0 Å². The van der Waals surface area contributed by atoms with Crippen molar-refractivity contribution in [3.8, 4) is 112 Å². The lowest BCUT2D eigenvalue weighted by Crippen LogP contribution is -1.98. The number of nitrogens with zero attached hydrogens (tertiary/aromatic N) is 6. The van der Waals surface area contributed by atoms with Gasteiger partial charge in [-0.25, -0.2) is 19.9 Å². The molecule has 0 saturated heterocycles. The van der Waals surface area contributed by atoms with E-state index in [1.54, 1.807) is 0 Å². The second-order valence-corrected chi connectivity index (χ2v) is 33.3. The van der Waals surface area contributed by atoms with Gasteiger partial charge in [-0.15, -0.1) is 0 Å². The fourth-order valence-corrected chi connectivity index (χ4v) is 20.3. The second-order valence-electron chi connectivity index (χ2n) is 33.3. The summed E-state index contributed by atoms with van der Waals surface area (Å²) < 4.78 is 4.97. The lowest BCUT2D eigenvalue weighted by atomic mass is 9.91. The summed E-state index contributed by atoms with van der Waals surface area (Å²) in [4.78, 5) is 21.3. The maximum Gasteiger partial charge on any atom is 0.161 e. The molecule has 4 aromatic heterocycles. The Balaban J connectivity index is 0.000000139.